The zero-order valence-corrected chi connectivity index (χ0v) is 9.24. The first-order valence-electron chi connectivity index (χ1n) is 4.77. The molecule has 1 aromatic carbocycles. The third-order valence-electron chi connectivity index (χ3n) is 1.95. The van der Waals surface area contributed by atoms with E-state index in [2.05, 4.69) is 19.2 Å². The summed E-state index contributed by atoms with van der Waals surface area (Å²) in [7, 11) is 0. The molecule has 0 heterocycles. The minimum absolute atomic E-state index is 0.201. The first kappa shape index (κ1) is 11.5. The van der Waals surface area contributed by atoms with Crippen LogP contribution in [0.2, 0.25) is 5.02 Å². The lowest BCUT2D eigenvalue weighted by atomic mass is 10.1. The molecule has 0 unspecified atom stereocenters. The molecule has 1 rings (SSSR count). The highest BCUT2D eigenvalue weighted by molar-refractivity contribution is 6.30. The van der Waals surface area contributed by atoms with Crippen molar-refractivity contribution < 1.29 is 4.39 Å². The Labute approximate surface area is 89.3 Å². The second-order valence-electron chi connectivity index (χ2n) is 3.61. The molecule has 78 valence electrons. The number of hydrogen-bond donors (Lipinski definition) is 1. The molecule has 0 aliphatic rings. The second kappa shape index (κ2) is 5.32. The van der Waals surface area contributed by atoms with Gasteiger partial charge in [0, 0.05) is 6.04 Å². The van der Waals surface area contributed by atoms with Gasteiger partial charge in [-0.3, -0.25) is 0 Å². The number of hydrogen-bond acceptors (Lipinski definition) is 1. The van der Waals surface area contributed by atoms with Crippen LogP contribution in [0.1, 0.15) is 19.4 Å². The van der Waals surface area contributed by atoms with Crippen molar-refractivity contribution in [2.75, 3.05) is 6.54 Å². The number of benzene rings is 1. The summed E-state index contributed by atoms with van der Waals surface area (Å²) in [6, 6.07) is 5.33. The van der Waals surface area contributed by atoms with E-state index in [0.29, 0.717) is 6.04 Å². The van der Waals surface area contributed by atoms with Gasteiger partial charge in [-0.05, 0) is 30.7 Å². The summed E-state index contributed by atoms with van der Waals surface area (Å²) in [5.74, 6) is -0.354. The van der Waals surface area contributed by atoms with Gasteiger partial charge in [-0.15, -0.1) is 0 Å². The quantitative estimate of drug-likeness (QED) is 0.814. The molecule has 0 aromatic heterocycles. The number of nitrogens with one attached hydrogen (secondary N) is 1. The van der Waals surface area contributed by atoms with Crippen molar-refractivity contribution in [2.24, 2.45) is 0 Å². The minimum Gasteiger partial charge on any atom is -0.314 e. The first-order chi connectivity index (χ1) is 6.59. The Hall–Kier alpha value is -0.600. The van der Waals surface area contributed by atoms with Gasteiger partial charge in [-0.1, -0.05) is 31.5 Å². The molecule has 1 nitrogen and oxygen atoms in total. The first-order valence-corrected chi connectivity index (χ1v) is 5.14. The van der Waals surface area contributed by atoms with Crippen LogP contribution < -0.4 is 5.32 Å². The SMILES string of the molecule is CC(C)NCCc1ccc(F)c(Cl)c1. The molecule has 0 fully saturated rings. The van der Waals surface area contributed by atoms with Gasteiger partial charge in [0.2, 0.25) is 0 Å². The molecule has 0 radical (unpaired) electrons. The molecule has 0 atom stereocenters. The summed E-state index contributed by atoms with van der Waals surface area (Å²) < 4.78 is 12.8. The smallest absolute Gasteiger partial charge is 0.141 e. The molecule has 1 aromatic rings. The molecular formula is C11H15ClFN. The van der Waals surface area contributed by atoms with E-state index in [1.54, 1.807) is 12.1 Å². The molecule has 0 saturated heterocycles. The Balaban J connectivity index is 2.47. The van der Waals surface area contributed by atoms with Gasteiger partial charge in [0.1, 0.15) is 5.82 Å². The van der Waals surface area contributed by atoms with Gasteiger partial charge in [0.05, 0.1) is 5.02 Å². The Morgan fingerprint density at radius 1 is 1.43 bits per heavy atom. The number of halogens is 2. The maximum absolute atomic E-state index is 12.8. The van der Waals surface area contributed by atoms with E-state index in [-0.39, 0.29) is 10.8 Å². The van der Waals surface area contributed by atoms with Crippen molar-refractivity contribution >= 4 is 11.6 Å². The van der Waals surface area contributed by atoms with Crippen LogP contribution in [0.25, 0.3) is 0 Å². The van der Waals surface area contributed by atoms with Gasteiger partial charge in [0.25, 0.3) is 0 Å². The molecule has 0 bridgehead atoms. The monoisotopic (exact) mass is 215 g/mol. The molecule has 1 N–H and O–H groups in total. The Bertz CT molecular complexity index is 299. The molecule has 0 saturated carbocycles. The van der Waals surface area contributed by atoms with Crippen LogP contribution in [-0.4, -0.2) is 12.6 Å². The van der Waals surface area contributed by atoms with E-state index in [1.807, 2.05) is 0 Å². The average molecular weight is 216 g/mol. The van der Waals surface area contributed by atoms with Crippen molar-refractivity contribution in [3.05, 3.63) is 34.6 Å². The Morgan fingerprint density at radius 2 is 2.14 bits per heavy atom. The number of rotatable bonds is 4. The Morgan fingerprint density at radius 3 is 2.71 bits per heavy atom. The van der Waals surface area contributed by atoms with Crippen LogP contribution >= 0.6 is 11.6 Å². The second-order valence-corrected chi connectivity index (χ2v) is 4.01. The lowest BCUT2D eigenvalue weighted by Gasteiger charge is -2.07. The van der Waals surface area contributed by atoms with Crippen LogP contribution in [0.3, 0.4) is 0 Å². The fraction of sp³-hybridized carbons (Fsp3) is 0.455. The highest BCUT2D eigenvalue weighted by atomic mass is 35.5. The molecule has 3 heteroatoms. The fourth-order valence-corrected chi connectivity index (χ4v) is 1.40. The molecule has 0 aliphatic carbocycles. The van der Waals surface area contributed by atoms with E-state index < -0.39 is 0 Å². The van der Waals surface area contributed by atoms with E-state index in [4.69, 9.17) is 11.6 Å². The van der Waals surface area contributed by atoms with Crippen LogP contribution in [-0.2, 0) is 6.42 Å². The van der Waals surface area contributed by atoms with Crippen molar-refractivity contribution in [3.63, 3.8) is 0 Å². The van der Waals surface area contributed by atoms with Crippen LogP contribution in [0, 0.1) is 5.82 Å². The minimum atomic E-state index is -0.354. The third-order valence-corrected chi connectivity index (χ3v) is 2.24. The Kier molecular flexibility index (Phi) is 4.36. The van der Waals surface area contributed by atoms with Crippen LogP contribution in [0.15, 0.2) is 18.2 Å². The lowest BCUT2D eigenvalue weighted by Crippen LogP contribution is -2.24. The van der Waals surface area contributed by atoms with Crippen molar-refractivity contribution in [3.8, 4) is 0 Å². The summed E-state index contributed by atoms with van der Waals surface area (Å²) >= 11 is 5.66. The molecule has 14 heavy (non-hydrogen) atoms. The fourth-order valence-electron chi connectivity index (χ4n) is 1.20. The van der Waals surface area contributed by atoms with E-state index in [9.17, 15) is 4.39 Å². The predicted octanol–water partition coefficient (Wildman–Crippen LogP) is 3.02. The molecule has 0 spiro atoms. The summed E-state index contributed by atoms with van der Waals surface area (Å²) in [5, 5.41) is 3.49. The molecule has 0 amide bonds. The van der Waals surface area contributed by atoms with Crippen molar-refractivity contribution in [2.45, 2.75) is 26.3 Å². The molecular weight excluding hydrogens is 201 g/mol. The largest absolute Gasteiger partial charge is 0.314 e. The maximum atomic E-state index is 12.8. The highest BCUT2D eigenvalue weighted by Gasteiger charge is 2.00. The van der Waals surface area contributed by atoms with Gasteiger partial charge in [-0.25, -0.2) is 4.39 Å². The normalized spacial score (nSPS) is 10.9. The summed E-state index contributed by atoms with van der Waals surface area (Å²) in [6.45, 7) is 5.08. The van der Waals surface area contributed by atoms with Crippen LogP contribution in [0.5, 0.6) is 0 Å². The molecule has 0 aliphatic heterocycles. The van der Waals surface area contributed by atoms with Gasteiger partial charge < -0.3 is 5.32 Å². The van der Waals surface area contributed by atoms with Gasteiger partial charge in [0.15, 0.2) is 0 Å². The standard InChI is InChI=1S/C11H15ClFN/c1-8(2)14-6-5-9-3-4-11(13)10(12)7-9/h3-4,7-8,14H,5-6H2,1-2H3. The van der Waals surface area contributed by atoms with Crippen molar-refractivity contribution in [1.29, 1.82) is 0 Å². The zero-order valence-electron chi connectivity index (χ0n) is 8.48. The summed E-state index contributed by atoms with van der Waals surface area (Å²) in [6.07, 6.45) is 0.873. The van der Waals surface area contributed by atoms with Crippen LogP contribution in [0.4, 0.5) is 4.39 Å². The van der Waals surface area contributed by atoms with E-state index in [0.717, 1.165) is 18.5 Å². The van der Waals surface area contributed by atoms with Gasteiger partial charge in [-0.2, -0.15) is 0 Å². The summed E-state index contributed by atoms with van der Waals surface area (Å²) in [5.41, 5.74) is 1.06. The highest BCUT2D eigenvalue weighted by Crippen LogP contribution is 2.15. The van der Waals surface area contributed by atoms with Crippen molar-refractivity contribution in [1.82, 2.24) is 5.32 Å². The van der Waals surface area contributed by atoms with E-state index in [1.165, 1.54) is 6.07 Å². The predicted molar refractivity (Wildman–Crippen MR) is 58.3 cm³/mol. The maximum Gasteiger partial charge on any atom is 0.141 e. The topological polar surface area (TPSA) is 12.0 Å². The van der Waals surface area contributed by atoms with E-state index >= 15 is 0 Å². The lowest BCUT2D eigenvalue weighted by molar-refractivity contribution is 0.589. The van der Waals surface area contributed by atoms with Gasteiger partial charge >= 0.3 is 0 Å². The average Bonchev–Trinajstić information content (AvgIpc) is 2.10. The third kappa shape index (κ3) is 3.64. The summed E-state index contributed by atoms with van der Waals surface area (Å²) in [4.78, 5) is 0. The zero-order chi connectivity index (χ0) is 10.6.